The van der Waals surface area contributed by atoms with Gasteiger partial charge in [-0.05, 0) is 61.2 Å². The van der Waals surface area contributed by atoms with E-state index in [0.29, 0.717) is 23.9 Å². The Bertz CT molecular complexity index is 1510. The van der Waals surface area contributed by atoms with E-state index in [0.717, 1.165) is 39.8 Å². The van der Waals surface area contributed by atoms with Gasteiger partial charge >= 0.3 is 0 Å². The number of amides is 1. The highest BCUT2D eigenvalue weighted by atomic mass is 35.5. The molecule has 0 aliphatic rings. The van der Waals surface area contributed by atoms with E-state index < -0.39 is 0 Å². The molecule has 0 aliphatic heterocycles. The zero-order valence-corrected chi connectivity index (χ0v) is 21.3. The van der Waals surface area contributed by atoms with Crippen LogP contribution in [0.5, 0.6) is 11.5 Å². The van der Waals surface area contributed by atoms with Crippen LogP contribution in [0, 0.1) is 0 Å². The molecule has 1 atom stereocenters. The lowest BCUT2D eigenvalue weighted by Gasteiger charge is -2.17. The van der Waals surface area contributed by atoms with Gasteiger partial charge in [-0.25, -0.2) is 4.98 Å². The van der Waals surface area contributed by atoms with Gasteiger partial charge in [0.15, 0.2) is 6.61 Å². The molecule has 1 heterocycles. The second-order valence-corrected chi connectivity index (χ2v) is 9.26. The largest absolute Gasteiger partial charge is 0.493 e. The topological polar surface area (TPSA) is 65.4 Å². The van der Waals surface area contributed by atoms with Gasteiger partial charge in [-0.1, -0.05) is 60.1 Å². The fraction of sp³-hybridized carbons (Fsp3) is 0.200. The molecule has 7 heteroatoms. The lowest BCUT2D eigenvalue weighted by Crippen LogP contribution is -2.32. The summed E-state index contributed by atoms with van der Waals surface area (Å²) < 4.78 is 13.9. The molecule has 0 saturated heterocycles. The molecule has 0 radical (unpaired) electrons. The first-order valence-corrected chi connectivity index (χ1v) is 12.7. The Balaban J connectivity index is 1.24. The van der Waals surface area contributed by atoms with E-state index >= 15 is 0 Å². The third-order valence-electron chi connectivity index (χ3n) is 6.17. The second-order valence-electron chi connectivity index (χ2n) is 8.82. The van der Waals surface area contributed by atoms with E-state index in [9.17, 15) is 4.79 Å². The lowest BCUT2D eigenvalue weighted by atomic mass is 10.1. The van der Waals surface area contributed by atoms with Gasteiger partial charge in [0.2, 0.25) is 0 Å². The Morgan fingerprint density at radius 3 is 2.57 bits per heavy atom. The van der Waals surface area contributed by atoms with E-state index in [1.54, 1.807) is 24.3 Å². The van der Waals surface area contributed by atoms with E-state index in [1.165, 1.54) is 0 Å². The molecule has 5 rings (SSSR count). The van der Waals surface area contributed by atoms with Crippen LogP contribution in [-0.4, -0.2) is 28.7 Å². The zero-order chi connectivity index (χ0) is 25.6. The summed E-state index contributed by atoms with van der Waals surface area (Å²) in [5.74, 6) is 2.05. The minimum atomic E-state index is -0.298. The van der Waals surface area contributed by atoms with Crippen molar-refractivity contribution in [3.63, 3.8) is 0 Å². The van der Waals surface area contributed by atoms with Crippen molar-refractivity contribution in [1.82, 2.24) is 14.9 Å². The Labute approximate surface area is 220 Å². The van der Waals surface area contributed by atoms with Gasteiger partial charge in [0, 0.05) is 17.0 Å². The minimum absolute atomic E-state index is 0.0922. The Kier molecular flexibility index (Phi) is 7.57. The first-order valence-electron chi connectivity index (χ1n) is 12.3. The number of carbonyl (C=O) groups excluding carboxylic acids is 1. The fourth-order valence-electron chi connectivity index (χ4n) is 4.41. The molecule has 0 bridgehead atoms. The number of ether oxygens (including phenoxy) is 2. The number of carbonyl (C=O) groups is 1. The van der Waals surface area contributed by atoms with Crippen LogP contribution in [0.1, 0.15) is 25.2 Å². The molecular formula is C30H28ClN3O3. The van der Waals surface area contributed by atoms with Gasteiger partial charge in [-0.2, -0.15) is 0 Å². The van der Waals surface area contributed by atoms with Crippen molar-refractivity contribution in [3.05, 3.63) is 102 Å². The third-order valence-corrected chi connectivity index (χ3v) is 6.42. The number of nitrogens with one attached hydrogen (secondary N) is 1. The van der Waals surface area contributed by atoms with Gasteiger partial charge in [0.25, 0.3) is 5.91 Å². The van der Waals surface area contributed by atoms with E-state index in [2.05, 4.69) is 34.1 Å². The van der Waals surface area contributed by atoms with Crippen molar-refractivity contribution < 1.29 is 14.3 Å². The number of fused-ring (bicyclic) bond motifs is 2. The van der Waals surface area contributed by atoms with Gasteiger partial charge in [-0.15, -0.1) is 0 Å². The molecule has 0 spiro atoms. The number of nitrogens with zero attached hydrogens (tertiary/aromatic N) is 2. The zero-order valence-electron chi connectivity index (χ0n) is 20.6. The number of rotatable bonds is 10. The Morgan fingerprint density at radius 2 is 1.70 bits per heavy atom. The molecule has 1 N–H and O–H groups in total. The maximum Gasteiger partial charge on any atom is 0.258 e. The maximum absolute atomic E-state index is 12.6. The number of aryl methyl sites for hydroxylation is 1. The van der Waals surface area contributed by atoms with Crippen LogP contribution < -0.4 is 14.8 Å². The molecule has 0 fully saturated rings. The fourth-order valence-corrected chi connectivity index (χ4v) is 4.54. The van der Waals surface area contributed by atoms with Crippen LogP contribution in [0.3, 0.4) is 0 Å². The highest BCUT2D eigenvalue weighted by Gasteiger charge is 2.18. The minimum Gasteiger partial charge on any atom is -0.493 e. The van der Waals surface area contributed by atoms with Crippen LogP contribution in [0.25, 0.3) is 21.8 Å². The maximum atomic E-state index is 12.6. The van der Waals surface area contributed by atoms with Gasteiger partial charge in [-0.3, -0.25) is 4.79 Å². The van der Waals surface area contributed by atoms with Crippen LogP contribution in [-0.2, 0) is 11.3 Å². The monoisotopic (exact) mass is 513 g/mol. The van der Waals surface area contributed by atoms with Crippen molar-refractivity contribution >= 4 is 39.3 Å². The van der Waals surface area contributed by atoms with E-state index in [1.807, 2.05) is 49.4 Å². The molecule has 6 nitrogen and oxygen atoms in total. The molecule has 0 aliphatic carbocycles. The van der Waals surface area contributed by atoms with Crippen LogP contribution in [0.4, 0.5) is 0 Å². The van der Waals surface area contributed by atoms with Gasteiger partial charge in [0.05, 0.1) is 23.7 Å². The molecule has 1 amide bonds. The van der Waals surface area contributed by atoms with Crippen molar-refractivity contribution in [2.24, 2.45) is 0 Å². The summed E-state index contributed by atoms with van der Waals surface area (Å²) in [5, 5.41) is 5.90. The van der Waals surface area contributed by atoms with E-state index in [4.69, 9.17) is 26.1 Å². The van der Waals surface area contributed by atoms with Crippen molar-refractivity contribution in [2.75, 3.05) is 13.2 Å². The molecule has 1 aromatic heterocycles. The smallest absolute Gasteiger partial charge is 0.258 e. The molecule has 4 aromatic carbocycles. The summed E-state index contributed by atoms with van der Waals surface area (Å²) in [6.45, 7) is 3.12. The quantitative estimate of drug-likeness (QED) is 0.214. The average Bonchev–Trinajstić information content (AvgIpc) is 3.29. The SMILES string of the molecule is CC(NC(=O)COc1ccc(Cl)cc1)c1nc2ccccc2n1CCCOc1cccc2ccccc12. The summed E-state index contributed by atoms with van der Waals surface area (Å²) in [6, 6.07) is 28.9. The summed E-state index contributed by atoms with van der Waals surface area (Å²) in [4.78, 5) is 17.4. The summed E-state index contributed by atoms with van der Waals surface area (Å²) in [7, 11) is 0. The van der Waals surface area contributed by atoms with Crippen molar-refractivity contribution in [1.29, 1.82) is 0 Å². The number of aromatic nitrogens is 2. The number of hydrogen-bond donors (Lipinski definition) is 1. The molecule has 188 valence electrons. The number of halogens is 1. The average molecular weight is 514 g/mol. The normalized spacial score (nSPS) is 11.9. The summed E-state index contributed by atoms with van der Waals surface area (Å²) in [6.07, 6.45) is 0.789. The molecule has 37 heavy (non-hydrogen) atoms. The van der Waals surface area contributed by atoms with Gasteiger partial charge < -0.3 is 19.4 Å². The summed E-state index contributed by atoms with van der Waals surface area (Å²) in [5.41, 5.74) is 1.92. The number of hydrogen-bond acceptors (Lipinski definition) is 4. The highest BCUT2D eigenvalue weighted by molar-refractivity contribution is 6.30. The lowest BCUT2D eigenvalue weighted by molar-refractivity contribution is -0.123. The molecule has 0 saturated carbocycles. The van der Waals surface area contributed by atoms with E-state index in [-0.39, 0.29) is 18.6 Å². The summed E-state index contributed by atoms with van der Waals surface area (Å²) >= 11 is 5.91. The first kappa shape index (κ1) is 24.7. The van der Waals surface area contributed by atoms with Crippen LogP contribution >= 0.6 is 11.6 Å². The second kappa shape index (κ2) is 11.4. The number of imidazole rings is 1. The molecule has 1 unspecified atom stereocenters. The number of para-hydroxylation sites is 2. The molecule has 5 aromatic rings. The number of benzene rings is 4. The Morgan fingerprint density at radius 1 is 0.946 bits per heavy atom. The first-order chi connectivity index (χ1) is 18.1. The highest BCUT2D eigenvalue weighted by Crippen LogP contribution is 2.26. The van der Waals surface area contributed by atoms with Crippen LogP contribution in [0.2, 0.25) is 5.02 Å². The standard InChI is InChI=1S/C30H28ClN3O3/c1-21(32-29(35)20-37-24-16-14-23(31)15-17-24)30-33-26-11-4-5-12-27(26)34(30)18-7-19-36-28-13-6-9-22-8-2-3-10-25(22)28/h2-6,8-17,21H,7,18-20H2,1H3,(H,32,35). The Hall–Kier alpha value is -4.03. The molecular weight excluding hydrogens is 486 g/mol. The van der Waals surface area contributed by atoms with Crippen LogP contribution in [0.15, 0.2) is 91.0 Å². The predicted octanol–water partition coefficient (Wildman–Crippen LogP) is 6.57. The van der Waals surface area contributed by atoms with Crippen molar-refractivity contribution in [2.45, 2.75) is 25.9 Å². The van der Waals surface area contributed by atoms with Crippen molar-refractivity contribution in [3.8, 4) is 11.5 Å². The third kappa shape index (κ3) is 5.87. The van der Waals surface area contributed by atoms with Gasteiger partial charge in [0.1, 0.15) is 17.3 Å². The predicted molar refractivity (Wildman–Crippen MR) is 147 cm³/mol.